The normalized spacial score (nSPS) is 10.5. The number of rotatable bonds is 4. The lowest BCUT2D eigenvalue weighted by Crippen LogP contribution is -1.98. The van der Waals surface area contributed by atoms with Crippen LogP contribution in [0, 0.1) is 28.7 Å². The van der Waals surface area contributed by atoms with Crippen molar-refractivity contribution < 1.29 is 23.5 Å². The summed E-state index contributed by atoms with van der Waals surface area (Å²) >= 11 is 0. The topological polar surface area (TPSA) is 72.6 Å². The monoisotopic (exact) mass is 295 g/mol. The van der Waals surface area contributed by atoms with Gasteiger partial charge in [-0.25, -0.2) is 8.78 Å². The molecular weight excluding hydrogens is 284 g/mol. The summed E-state index contributed by atoms with van der Waals surface area (Å²) in [5.74, 6) is -2.68. The number of hydrogen-bond donors (Lipinski definition) is 1. The van der Waals surface area contributed by atoms with Crippen molar-refractivity contribution in [2.24, 2.45) is 0 Å². The van der Waals surface area contributed by atoms with Crippen LogP contribution < -0.4 is 4.74 Å². The van der Waals surface area contributed by atoms with Crippen LogP contribution in [0.5, 0.6) is 11.5 Å². The van der Waals surface area contributed by atoms with Gasteiger partial charge < -0.3 is 9.84 Å². The van der Waals surface area contributed by atoms with Crippen molar-refractivity contribution in [2.45, 2.75) is 13.5 Å². The lowest BCUT2D eigenvalue weighted by molar-refractivity contribution is -0.384. The van der Waals surface area contributed by atoms with Gasteiger partial charge in [0.25, 0.3) is 5.69 Å². The molecule has 0 aliphatic carbocycles. The predicted octanol–water partition coefficient (Wildman–Crippen LogP) is 3.47. The van der Waals surface area contributed by atoms with Crippen molar-refractivity contribution in [3.8, 4) is 11.5 Å². The van der Waals surface area contributed by atoms with Crippen LogP contribution in [-0.4, -0.2) is 10.0 Å². The fourth-order valence-electron chi connectivity index (χ4n) is 1.72. The highest BCUT2D eigenvalue weighted by Crippen LogP contribution is 2.32. The molecule has 0 aliphatic rings. The minimum absolute atomic E-state index is 0.0150. The van der Waals surface area contributed by atoms with Gasteiger partial charge in [-0.1, -0.05) is 0 Å². The van der Waals surface area contributed by atoms with Crippen LogP contribution >= 0.6 is 0 Å². The second-order valence-corrected chi connectivity index (χ2v) is 4.36. The number of nitrogens with zero attached hydrogens (tertiary/aromatic N) is 1. The number of ether oxygens (including phenoxy) is 1. The van der Waals surface area contributed by atoms with E-state index in [-0.39, 0.29) is 17.0 Å². The summed E-state index contributed by atoms with van der Waals surface area (Å²) in [6.07, 6.45) is 0. The lowest BCUT2D eigenvalue weighted by atomic mass is 10.2. The second kappa shape index (κ2) is 5.84. The molecule has 0 aliphatic heterocycles. The SMILES string of the molecule is Cc1ccc([N+](=O)[O-])cc1Oc1c(F)cc(CO)cc1F. The van der Waals surface area contributed by atoms with Crippen molar-refractivity contribution in [2.75, 3.05) is 0 Å². The molecule has 21 heavy (non-hydrogen) atoms. The van der Waals surface area contributed by atoms with Gasteiger partial charge in [-0.05, 0) is 36.2 Å². The zero-order valence-electron chi connectivity index (χ0n) is 11.0. The van der Waals surface area contributed by atoms with Crippen molar-refractivity contribution in [1.29, 1.82) is 0 Å². The first-order valence-electron chi connectivity index (χ1n) is 5.94. The molecule has 0 saturated heterocycles. The molecule has 7 heteroatoms. The van der Waals surface area contributed by atoms with Gasteiger partial charge in [0.05, 0.1) is 17.6 Å². The standard InChI is InChI=1S/C14H11F2NO4/c1-8-2-3-10(17(19)20)6-13(8)21-14-11(15)4-9(7-18)5-12(14)16/h2-6,18H,7H2,1H3. The van der Waals surface area contributed by atoms with Crippen LogP contribution in [0.1, 0.15) is 11.1 Å². The molecule has 0 heterocycles. The highest BCUT2D eigenvalue weighted by Gasteiger charge is 2.16. The van der Waals surface area contributed by atoms with Crippen molar-refractivity contribution in [3.05, 3.63) is 63.2 Å². The van der Waals surface area contributed by atoms with Gasteiger partial charge in [0.15, 0.2) is 17.4 Å². The third-order valence-corrected chi connectivity index (χ3v) is 2.84. The molecule has 2 rings (SSSR count). The summed E-state index contributed by atoms with van der Waals surface area (Å²) in [7, 11) is 0. The van der Waals surface area contributed by atoms with Gasteiger partial charge in [-0.2, -0.15) is 0 Å². The van der Waals surface area contributed by atoms with Crippen LogP contribution in [0.2, 0.25) is 0 Å². The lowest BCUT2D eigenvalue weighted by Gasteiger charge is -2.11. The highest BCUT2D eigenvalue weighted by atomic mass is 19.1. The Kier molecular flexibility index (Phi) is 4.13. The molecule has 1 N–H and O–H groups in total. The van der Waals surface area contributed by atoms with Crippen LogP contribution in [-0.2, 0) is 6.61 Å². The highest BCUT2D eigenvalue weighted by molar-refractivity contribution is 5.46. The van der Waals surface area contributed by atoms with Gasteiger partial charge in [-0.3, -0.25) is 10.1 Å². The largest absolute Gasteiger partial charge is 0.451 e. The maximum atomic E-state index is 13.8. The third-order valence-electron chi connectivity index (χ3n) is 2.84. The van der Waals surface area contributed by atoms with Crippen molar-refractivity contribution in [3.63, 3.8) is 0 Å². The van der Waals surface area contributed by atoms with Gasteiger partial charge in [-0.15, -0.1) is 0 Å². The van der Waals surface area contributed by atoms with Crippen molar-refractivity contribution in [1.82, 2.24) is 0 Å². The summed E-state index contributed by atoms with van der Waals surface area (Å²) in [4.78, 5) is 10.1. The zero-order chi connectivity index (χ0) is 15.6. The Labute approximate surface area is 118 Å². The molecule has 0 fully saturated rings. The number of nitro benzene ring substituents is 1. The van der Waals surface area contributed by atoms with E-state index in [1.54, 1.807) is 6.92 Å². The zero-order valence-corrected chi connectivity index (χ0v) is 11.0. The van der Waals surface area contributed by atoms with E-state index in [0.29, 0.717) is 5.56 Å². The summed E-state index contributed by atoms with van der Waals surface area (Å²) in [6.45, 7) is 1.08. The maximum Gasteiger partial charge on any atom is 0.273 e. The molecule has 0 spiro atoms. The molecule has 110 valence electrons. The number of aliphatic hydroxyl groups excluding tert-OH is 1. The number of halogens is 2. The molecule has 0 atom stereocenters. The summed E-state index contributed by atoms with van der Waals surface area (Å²) in [5, 5.41) is 19.6. The Bertz CT molecular complexity index is 680. The Morgan fingerprint density at radius 1 is 1.24 bits per heavy atom. The van der Waals surface area contributed by atoms with Gasteiger partial charge in [0, 0.05) is 6.07 Å². The maximum absolute atomic E-state index is 13.8. The number of nitro groups is 1. The fraction of sp³-hybridized carbons (Fsp3) is 0.143. The number of aryl methyl sites for hydroxylation is 1. The van der Waals surface area contributed by atoms with E-state index in [4.69, 9.17) is 9.84 Å². The quantitative estimate of drug-likeness (QED) is 0.692. The molecule has 0 unspecified atom stereocenters. The minimum Gasteiger partial charge on any atom is -0.451 e. The predicted molar refractivity (Wildman–Crippen MR) is 70.2 cm³/mol. The number of benzene rings is 2. The molecule has 0 radical (unpaired) electrons. The molecule has 2 aromatic rings. The van der Waals surface area contributed by atoms with E-state index in [2.05, 4.69) is 0 Å². The average Bonchev–Trinajstić information content (AvgIpc) is 2.44. The average molecular weight is 295 g/mol. The van der Waals surface area contributed by atoms with E-state index >= 15 is 0 Å². The smallest absolute Gasteiger partial charge is 0.273 e. The minimum atomic E-state index is -0.995. The number of aliphatic hydroxyl groups is 1. The molecule has 0 bridgehead atoms. The molecule has 5 nitrogen and oxygen atoms in total. The van der Waals surface area contributed by atoms with E-state index in [9.17, 15) is 18.9 Å². The molecular formula is C14H11F2NO4. The van der Waals surface area contributed by atoms with Crippen LogP contribution in [0.15, 0.2) is 30.3 Å². The van der Waals surface area contributed by atoms with Crippen molar-refractivity contribution >= 4 is 5.69 Å². The Balaban J connectivity index is 2.43. The first-order valence-corrected chi connectivity index (χ1v) is 5.94. The van der Waals surface area contributed by atoms with Crippen LogP contribution in [0.25, 0.3) is 0 Å². The summed E-state index contributed by atoms with van der Waals surface area (Å²) in [5.41, 5.74) is 0.308. The number of non-ortho nitro benzene ring substituents is 1. The van der Waals surface area contributed by atoms with E-state index in [1.807, 2.05) is 0 Å². The van der Waals surface area contributed by atoms with E-state index < -0.39 is 28.9 Å². The Hall–Kier alpha value is -2.54. The molecule has 2 aromatic carbocycles. The molecule has 0 aromatic heterocycles. The third kappa shape index (κ3) is 3.14. The fourth-order valence-corrected chi connectivity index (χ4v) is 1.72. The second-order valence-electron chi connectivity index (χ2n) is 4.36. The van der Waals surface area contributed by atoms with Gasteiger partial charge >= 0.3 is 0 Å². The molecule has 0 amide bonds. The first-order chi connectivity index (χ1) is 9.92. The van der Waals surface area contributed by atoms with E-state index in [1.165, 1.54) is 12.1 Å². The molecule has 0 saturated carbocycles. The summed E-state index contributed by atoms with van der Waals surface area (Å²) in [6, 6.07) is 5.65. The van der Waals surface area contributed by atoms with E-state index in [0.717, 1.165) is 18.2 Å². The van der Waals surface area contributed by atoms with Crippen LogP contribution in [0.3, 0.4) is 0 Å². The van der Waals surface area contributed by atoms with Gasteiger partial charge in [0.2, 0.25) is 0 Å². The Morgan fingerprint density at radius 3 is 2.38 bits per heavy atom. The first kappa shape index (κ1) is 14.9. The summed E-state index contributed by atoms with van der Waals surface area (Å²) < 4.78 is 32.7. The Morgan fingerprint density at radius 2 is 1.86 bits per heavy atom. The van der Waals surface area contributed by atoms with Gasteiger partial charge in [0.1, 0.15) is 5.75 Å². The number of hydrogen-bond acceptors (Lipinski definition) is 4. The van der Waals surface area contributed by atoms with Crippen LogP contribution in [0.4, 0.5) is 14.5 Å².